The van der Waals surface area contributed by atoms with Gasteiger partial charge in [-0.2, -0.15) is 10.4 Å². The third-order valence-electron chi connectivity index (χ3n) is 6.44. The highest BCUT2D eigenvalue weighted by atomic mass is 35.5. The molecule has 0 bridgehead atoms. The van der Waals surface area contributed by atoms with Gasteiger partial charge >= 0.3 is 0 Å². The molecule has 0 unspecified atom stereocenters. The van der Waals surface area contributed by atoms with E-state index in [2.05, 4.69) is 42.3 Å². The van der Waals surface area contributed by atoms with E-state index < -0.39 is 0 Å². The average molecular weight is 446 g/mol. The molecular weight excluding hydrogens is 422 g/mol. The smallest absolute Gasteiger partial charge is 0.277 e. The molecule has 162 valence electrons. The minimum Gasteiger partial charge on any atom is -0.309 e. The van der Waals surface area contributed by atoms with Crippen molar-refractivity contribution in [2.45, 2.75) is 24.7 Å². The van der Waals surface area contributed by atoms with E-state index in [1.807, 2.05) is 24.3 Å². The van der Waals surface area contributed by atoms with Crippen LogP contribution in [0.5, 0.6) is 0 Å². The van der Waals surface area contributed by atoms with Crippen LogP contribution in [0.4, 0.5) is 5.69 Å². The lowest BCUT2D eigenvalue weighted by atomic mass is 9.95. The largest absolute Gasteiger partial charge is 0.309 e. The molecule has 1 aliphatic heterocycles. The molecule has 0 radical (unpaired) electrons. The van der Waals surface area contributed by atoms with Crippen LogP contribution in [0.25, 0.3) is 5.69 Å². The summed E-state index contributed by atoms with van der Waals surface area (Å²) < 4.78 is 1.55. The number of rotatable bonds is 5. The van der Waals surface area contributed by atoms with Gasteiger partial charge in [-0.15, -0.1) is 0 Å². The zero-order valence-electron chi connectivity index (χ0n) is 18.2. The standard InChI is InChI=1S/C25H24ClN5O/c1-29(2)16-25(11-12-25)17-6-8-19(9-7-17)30-13-10-21-22(15-27)28-31(23(21)24(30)32)20-5-3-4-18(26)14-20/h3-9,14H,10-13,16H2,1-2H3. The lowest BCUT2D eigenvalue weighted by molar-refractivity contribution is 0.0973. The molecule has 1 saturated carbocycles. The average Bonchev–Trinajstić information content (AvgIpc) is 3.44. The molecule has 1 aromatic heterocycles. The van der Waals surface area contributed by atoms with Crippen LogP contribution in [0.1, 0.15) is 40.2 Å². The van der Waals surface area contributed by atoms with Crippen molar-refractivity contribution in [1.82, 2.24) is 14.7 Å². The Hall–Kier alpha value is -3.14. The maximum Gasteiger partial charge on any atom is 0.277 e. The number of benzene rings is 2. The molecule has 1 amide bonds. The van der Waals surface area contributed by atoms with Crippen LogP contribution in [0.15, 0.2) is 48.5 Å². The van der Waals surface area contributed by atoms with E-state index in [-0.39, 0.29) is 11.3 Å². The monoisotopic (exact) mass is 445 g/mol. The zero-order valence-corrected chi connectivity index (χ0v) is 18.9. The van der Waals surface area contributed by atoms with E-state index in [9.17, 15) is 10.1 Å². The van der Waals surface area contributed by atoms with E-state index in [4.69, 9.17) is 11.6 Å². The Kier molecular flexibility index (Phi) is 5.04. The van der Waals surface area contributed by atoms with Crippen LogP contribution in [0.2, 0.25) is 5.02 Å². The molecule has 32 heavy (non-hydrogen) atoms. The first-order valence-corrected chi connectivity index (χ1v) is 11.1. The molecule has 3 aromatic rings. The van der Waals surface area contributed by atoms with Gasteiger partial charge in [-0.25, -0.2) is 4.68 Å². The van der Waals surface area contributed by atoms with Crippen molar-refractivity contribution in [1.29, 1.82) is 5.26 Å². The Morgan fingerprint density at radius 2 is 1.91 bits per heavy atom. The lowest BCUT2D eigenvalue weighted by Crippen LogP contribution is -2.38. The number of carbonyl (C=O) groups excluding carboxylic acids is 1. The summed E-state index contributed by atoms with van der Waals surface area (Å²) in [6.07, 6.45) is 2.98. The Morgan fingerprint density at radius 3 is 2.53 bits per heavy atom. The van der Waals surface area contributed by atoms with Crippen molar-refractivity contribution in [2.24, 2.45) is 0 Å². The van der Waals surface area contributed by atoms with Gasteiger partial charge in [-0.1, -0.05) is 29.8 Å². The predicted octanol–water partition coefficient (Wildman–Crippen LogP) is 4.19. The van der Waals surface area contributed by atoms with E-state index in [0.717, 1.165) is 12.2 Å². The number of carbonyl (C=O) groups is 1. The minimum absolute atomic E-state index is 0.151. The summed E-state index contributed by atoms with van der Waals surface area (Å²) in [6.45, 7) is 1.55. The molecule has 0 N–H and O–H groups in total. The molecule has 2 heterocycles. The highest BCUT2D eigenvalue weighted by Crippen LogP contribution is 2.48. The van der Waals surface area contributed by atoms with Gasteiger partial charge in [0.2, 0.25) is 0 Å². The molecule has 0 saturated heterocycles. The van der Waals surface area contributed by atoms with Gasteiger partial charge in [0, 0.05) is 34.8 Å². The second kappa shape index (κ2) is 7.77. The normalized spacial score (nSPS) is 16.7. The van der Waals surface area contributed by atoms with Gasteiger partial charge in [-0.05, 0) is 69.3 Å². The van der Waals surface area contributed by atoms with E-state index in [1.165, 1.54) is 18.4 Å². The van der Waals surface area contributed by atoms with Crippen LogP contribution < -0.4 is 4.90 Å². The molecule has 7 heteroatoms. The van der Waals surface area contributed by atoms with Crippen molar-refractivity contribution in [2.75, 3.05) is 32.1 Å². The molecule has 6 nitrogen and oxygen atoms in total. The fourth-order valence-electron chi connectivity index (χ4n) is 4.78. The van der Waals surface area contributed by atoms with Gasteiger partial charge in [0.05, 0.1) is 5.69 Å². The summed E-state index contributed by atoms with van der Waals surface area (Å²) in [6, 6.07) is 17.7. The first kappa shape index (κ1) is 20.7. The van der Waals surface area contributed by atoms with Crippen molar-refractivity contribution < 1.29 is 4.79 Å². The number of hydrogen-bond donors (Lipinski definition) is 0. The van der Waals surface area contributed by atoms with E-state index >= 15 is 0 Å². The quantitative estimate of drug-likeness (QED) is 0.590. The second-order valence-corrected chi connectivity index (χ2v) is 9.39. The number of halogens is 1. The molecule has 1 fully saturated rings. The summed E-state index contributed by atoms with van der Waals surface area (Å²) in [5.74, 6) is -0.151. The van der Waals surface area contributed by atoms with Crippen LogP contribution in [0.3, 0.4) is 0 Å². The third kappa shape index (κ3) is 3.48. The number of fused-ring (bicyclic) bond motifs is 1. The Bertz CT molecular complexity index is 1230. The summed E-state index contributed by atoms with van der Waals surface area (Å²) >= 11 is 6.16. The number of nitrogens with zero attached hydrogens (tertiary/aromatic N) is 5. The SMILES string of the molecule is CN(C)CC1(c2ccc(N3CCc4c(C#N)nn(-c5cccc(Cl)c5)c4C3=O)cc2)CC1. The van der Waals surface area contributed by atoms with Crippen LogP contribution in [-0.2, 0) is 11.8 Å². The Labute approximate surface area is 192 Å². The van der Waals surface area contributed by atoms with Crippen molar-refractivity contribution >= 4 is 23.2 Å². The maximum absolute atomic E-state index is 13.6. The van der Waals surface area contributed by atoms with Gasteiger partial charge in [0.15, 0.2) is 5.69 Å². The molecule has 0 atom stereocenters. The van der Waals surface area contributed by atoms with Crippen molar-refractivity contribution in [3.05, 3.63) is 76.1 Å². The molecule has 2 aliphatic rings. The molecule has 0 spiro atoms. The molecule has 1 aliphatic carbocycles. The van der Waals surface area contributed by atoms with Crippen LogP contribution >= 0.6 is 11.6 Å². The second-order valence-electron chi connectivity index (χ2n) is 8.95. The number of amides is 1. The minimum atomic E-state index is -0.151. The van der Waals surface area contributed by atoms with Gasteiger partial charge in [-0.3, -0.25) is 4.79 Å². The summed E-state index contributed by atoms with van der Waals surface area (Å²) in [5, 5.41) is 14.5. The van der Waals surface area contributed by atoms with Crippen LogP contribution in [-0.4, -0.2) is 47.8 Å². The highest BCUT2D eigenvalue weighted by Gasteiger charge is 2.44. The predicted molar refractivity (Wildman–Crippen MR) is 125 cm³/mol. The maximum atomic E-state index is 13.6. The fourth-order valence-corrected chi connectivity index (χ4v) is 4.96. The molecule has 2 aromatic carbocycles. The number of likely N-dealkylation sites (N-methyl/N-ethyl adjacent to an activating group) is 1. The van der Waals surface area contributed by atoms with Gasteiger partial charge in [0.1, 0.15) is 11.8 Å². The Morgan fingerprint density at radius 1 is 1.16 bits per heavy atom. The van der Waals surface area contributed by atoms with Gasteiger partial charge in [0.25, 0.3) is 5.91 Å². The molecular formula is C25H24ClN5O. The number of aromatic nitrogens is 2. The van der Waals surface area contributed by atoms with Crippen molar-refractivity contribution in [3.63, 3.8) is 0 Å². The third-order valence-corrected chi connectivity index (χ3v) is 6.67. The lowest BCUT2D eigenvalue weighted by Gasteiger charge is -2.28. The molecule has 5 rings (SSSR count). The van der Waals surface area contributed by atoms with E-state index in [1.54, 1.807) is 21.7 Å². The van der Waals surface area contributed by atoms with Crippen molar-refractivity contribution in [3.8, 4) is 11.8 Å². The first-order valence-electron chi connectivity index (χ1n) is 10.8. The van der Waals surface area contributed by atoms with Gasteiger partial charge < -0.3 is 9.80 Å². The highest BCUT2D eigenvalue weighted by molar-refractivity contribution is 6.30. The fraction of sp³-hybridized carbons (Fsp3) is 0.320. The van der Waals surface area contributed by atoms with E-state index in [0.29, 0.717) is 40.6 Å². The Balaban J connectivity index is 1.49. The van der Waals surface area contributed by atoms with Crippen LogP contribution in [0, 0.1) is 11.3 Å². The summed E-state index contributed by atoms with van der Waals surface area (Å²) in [5.41, 5.74) is 4.54. The number of nitriles is 1. The summed E-state index contributed by atoms with van der Waals surface area (Å²) in [7, 11) is 4.22. The summed E-state index contributed by atoms with van der Waals surface area (Å²) in [4.78, 5) is 17.6. The first-order chi connectivity index (χ1) is 15.4. The topological polar surface area (TPSA) is 65.2 Å². The zero-order chi connectivity index (χ0) is 22.5. The number of hydrogen-bond acceptors (Lipinski definition) is 4. The number of anilines is 1.